The van der Waals surface area contributed by atoms with Gasteiger partial charge in [0.1, 0.15) is 11.4 Å². The monoisotopic (exact) mass is 422 g/mol. The van der Waals surface area contributed by atoms with Crippen molar-refractivity contribution in [3.05, 3.63) is 63.2 Å². The quantitative estimate of drug-likeness (QED) is 0.420. The Bertz CT molecular complexity index is 908. The molecular weight excluding hydrogens is 410 g/mol. The summed E-state index contributed by atoms with van der Waals surface area (Å²) in [7, 11) is 0. The number of nitro benzene ring substituents is 1. The van der Waals surface area contributed by atoms with E-state index >= 15 is 0 Å². The molecule has 6 nitrogen and oxygen atoms in total. The van der Waals surface area contributed by atoms with Crippen molar-refractivity contribution in [2.45, 2.75) is 19.3 Å². The van der Waals surface area contributed by atoms with Crippen molar-refractivity contribution in [1.29, 1.82) is 0 Å². The van der Waals surface area contributed by atoms with Crippen LogP contribution >= 0.6 is 0 Å². The Morgan fingerprint density at radius 1 is 1.07 bits per heavy atom. The number of hydrogen-bond acceptors (Lipinski definition) is 4. The fraction of sp³-hybridized carbons (Fsp3) is 0.235. The lowest BCUT2D eigenvalue weighted by molar-refractivity contribution is -0.384. The number of para-hydroxylation sites is 1. The van der Waals surface area contributed by atoms with Gasteiger partial charge in [-0.1, -0.05) is 12.1 Å². The maximum atomic E-state index is 12.8. The zero-order chi connectivity index (χ0) is 22.0. The third-order valence-electron chi connectivity index (χ3n) is 3.64. The average Bonchev–Trinajstić information content (AvgIpc) is 2.59. The number of nitro groups is 1. The molecule has 12 heteroatoms. The van der Waals surface area contributed by atoms with Crippen molar-refractivity contribution in [3.8, 4) is 5.75 Å². The first kappa shape index (κ1) is 22.0. The number of nitrogens with zero attached hydrogens (tertiary/aromatic N) is 1. The van der Waals surface area contributed by atoms with E-state index < -0.39 is 52.4 Å². The topological polar surface area (TPSA) is 81.5 Å². The molecule has 1 N–H and O–H groups in total. The number of halogens is 6. The molecule has 0 saturated carbocycles. The van der Waals surface area contributed by atoms with E-state index in [9.17, 15) is 41.3 Å². The van der Waals surface area contributed by atoms with Gasteiger partial charge in [-0.2, -0.15) is 26.3 Å². The lowest BCUT2D eigenvalue weighted by Crippen LogP contribution is -2.21. The Balaban J connectivity index is 2.22. The zero-order valence-electron chi connectivity index (χ0n) is 14.5. The van der Waals surface area contributed by atoms with E-state index in [1.54, 1.807) is 0 Å². The molecular formula is C17H12F6N2O4. The molecule has 0 atom stereocenters. The lowest BCUT2D eigenvalue weighted by Gasteiger charge is -2.15. The number of rotatable bonds is 5. The summed E-state index contributed by atoms with van der Waals surface area (Å²) in [5.41, 5.74) is -3.47. The maximum absolute atomic E-state index is 12.8. The summed E-state index contributed by atoms with van der Waals surface area (Å²) >= 11 is 0. The number of hydrogen-bond donors (Lipinski definition) is 1. The van der Waals surface area contributed by atoms with E-state index in [1.807, 2.05) is 0 Å². The highest BCUT2D eigenvalue weighted by Crippen LogP contribution is 2.38. The van der Waals surface area contributed by atoms with Crippen LogP contribution in [0.2, 0.25) is 0 Å². The number of anilines is 1. The highest BCUT2D eigenvalue weighted by atomic mass is 19.4. The average molecular weight is 422 g/mol. The smallest absolute Gasteiger partial charge is 0.416 e. The number of benzene rings is 2. The number of carbonyl (C=O) groups is 1. The molecule has 0 bridgehead atoms. The summed E-state index contributed by atoms with van der Waals surface area (Å²) in [4.78, 5) is 22.2. The van der Waals surface area contributed by atoms with Crippen LogP contribution in [0.1, 0.15) is 16.7 Å². The summed E-state index contributed by atoms with van der Waals surface area (Å²) in [5.74, 6) is -1.84. The Morgan fingerprint density at radius 3 is 2.10 bits per heavy atom. The van der Waals surface area contributed by atoms with Crippen LogP contribution in [0, 0.1) is 17.0 Å². The second-order valence-corrected chi connectivity index (χ2v) is 5.80. The second-order valence-electron chi connectivity index (χ2n) is 5.80. The molecule has 0 unspecified atom stereocenters. The first-order valence-electron chi connectivity index (χ1n) is 7.75. The Labute approximate surface area is 159 Å². The van der Waals surface area contributed by atoms with Gasteiger partial charge in [0.2, 0.25) is 0 Å². The first-order valence-corrected chi connectivity index (χ1v) is 7.75. The van der Waals surface area contributed by atoms with Gasteiger partial charge in [0.15, 0.2) is 6.61 Å². The molecule has 0 aromatic heterocycles. The Hall–Kier alpha value is -3.31. The molecule has 156 valence electrons. The number of aryl methyl sites for hydroxylation is 1. The minimum atomic E-state index is -5.07. The van der Waals surface area contributed by atoms with Crippen molar-refractivity contribution in [2.24, 2.45) is 0 Å². The summed E-state index contributed by atoms with van der Waals surface area (Å²) < 4.78 is 81.7. The standard InChI is InChI=1S/C17H12F6N2O4/c1-9-3-2-4-13(25(27)28)15(9)24-14(26)8-29-12-6-10(16(18,19)20)5-11(7-12)17(21,22)23/h2-7H,8H2,1H3,(H,24,26). The van der Waals surface area contributed by atoms with Gasteiger partial charge in [0, 0.05) is 6.07 Å². The normalized spacial score (nSPS) is 11.8. The molecule has 2 aromatic rings. The van der Waals surface area contributed by atoms with E-state index in [4.69, 9.17) is 4.74 Å². The van der Waals surface area contributed by atoms with Crippen molar-refractivity contribution >= 4 is 17.3 Å². The molecule has 0 fully saturated rings. The van der Waals surface area contributed by atoms with Crippen molar-refractivity contribution in [3.63, 3.8) is 0 Å². The van der Waals surface area contributed by atoms with Gasteiger partial charge < -0.3 is 10.1 Å². The van der Waals surface area contributed by atoms with Gasteiger partial charge in [-0.3, -0.25) is 14.9 Å². The van der Waals surface area contributed by atoms with Gasteiger partial charge in [-0.05, 0) is 30.7 Å². The zero-order valence-corrected chi connectivity index (χ0v) is 14.5. The largest absolute Gasteiger partial charge is 0.484 e. The van der Waals surface area contributed by atoms with Crippen LogP contribution in [0.4, 0.5) is 37.7 Å². The van der Waals surface area contributed by atoms with Crippen LogP contribution in [0.25, 0.3) is 0 Å². The maximum Gasteiger partial charge on any atom is 0.416 e. The highest BCUT2D eigenvalue weighted by molar-refractivity contribution is 5.95. The molecule has 29 heavy (non-hydrogen) atoms. The van der Waals surface area contributed by atoms with E-state index in [0.29, 0.717) is 17.7 Å². The van der Waals surface area contributed by atoms with Crippen LogP contribution < -0.4 is 10.1 Å². The minimum Gasteiger partial charge on any atom is -0.484 e. The summed E-state index contributed by atoms with van der Waals surface area (Å²) in [6.45, 7) is 0.496. The molecule has 0 aliphatic carbocycles. The number of carbonyl (C=O) groups excluding carboxylic acids is 1. The van der Waals surface area contributed by atoms with E-state index in [2.05, 4.69) is 5.32 Å². The SMILES string of the molecule is Cc1cccc([N+](=O)[O-])c1NC(=O)COc1cc(C(F)(F)F)cc(C(F)(F)F)c1. The Morgan fingerprint density at radius 2 is 1.62 bits per heavy atom. The first-order chi connectivity index (χ1) is 13.3. The van der Waals surface area contributed by atoms with Crippen molar-refractivity contribution < 1.29 is 40.8 Å². The summed E-state index contributed by atoms with van der Waals surface area (Å²) in [5, 5.41) is 13.2. The third kappa shape index (κ3) is 5.59. The molecule has 0 heterocycles. The number of amides is 1. The molecule has 0 saturated heterocycles. The summed E-state index contributed by atoms with van der Waals surface area (Å²) in [6.07, 6.45) is -10.1. The second kappa shape index (κ2) is 7.97. The van der Waals surface area contributed by atoms with Crippen LogP contribution in [0.3, 0.4) is 0 Å². The van der Waals surface area contributed by atoms with E-state index in [0.717, 1.165) is 6.07 Å². The Kier molecular flexibility index (Phi) is 6.04. The minimum absolute atomic E-state index is 0.0797. The number of ether oxygens (including phenoxy) is 1. The third-order valence-corrected chi connectivity index (χ3v) is 3.64. The van der Waals surface area contributed by atoms with Crippen molar-refractivity contribution in [2.75, 3.05) is 11.9 Å². The van der Waals surface area contributed by atoms with E-state index in [1.165, 1.54) is 19.1 Å². The van der Waals surface area contributed by atoms with Crippen LogP contribution in [0.15, 0.2) is 36.4 Å². The molecule has 0 aliphatic rings. The fourth-order valence-corrected chi connectivity index (χ4v) is 2.30. The van der Waals surface area contributed by atoms with Crippen LogP contribution in [-0.2, 0) is 17.1 Å². The molecule has 0 radical (unpaired) electrons. The number of nitrogens with one attached hydrogen (secondary N) is 1. The van der Waals surface area contributed by atoms with Gasteiger partial charge >= 0.3 is 12.4 Å². The fourth-order valence-electron chi connectivity index (χ4n) is 2.30. The molecule has 0 spiro atoms. The van der Waals surface area contributed by atoms with E-state index in [-0.39, 0.29) is 11.8 Å². The lowest BCUT2D eigenvalue weighted by atomic mass is 10.1. The van der Waals surface area contributed by atoms with Crippen molar-refractivity contribution in [1.82, 2.24) is 0 Å². The predicted octanol–water partition coefficient (Wildman–Crippen LogP) is 4.96. The van der Waals surface area contributed by atoms with Crippen LogP contribution in [0.5, 0.6) is 5.75 Å². The van der Waals surface area contributed by atoms with Gasteiger partial charge in [-0.15, -0.1) is 0 Å². The van der Waals surface area contributed by atoms with Crippen LogP contribution in [-0.4, -0.2) is 17.4 Å². The molecule has 2 rings (SSSR count). The molecule has 2 aromatic carbocycles. The molecule has 0 aliphatic heterocycles. The van der Waals surface area contributed by atoms with Gasteiger partial charge in [0.05, 0.1) is 16.1 Å². The van der Waals surface area contributed by atoms with Gasteiger partial charge in [0.25, 0.3) is 11.6 Å². The molecule has 1 amide bonds. The summed E-state index contributed by atoms with van der Waals surface area (Å²) in [6, 6.07) is 4.51. The van der Waals surface area contributed by atoms with Gasteiger partial charge in [-0.25, -0.2) is 0 Å². The number of alkyl halides is 6. The predicted molar refractivity (Wildman–Crippen MR) is 88.4 cm³/mol. The highest BCUT2D eigenvalue weighted by Gasteiger charge is 2.37.